The van der Waals surface area contributed by atoms with Gasteiger partial charge in [-0.3, -0.25) is 0 Å². The van der Waals surface area contributed by atoms with Gasteiger partial charge < -0.3 is 19.5 Å². The second-order valence-electron chi connectivity index (χ2n) is 5.25. The summed E-state index contributed by atoms with van der Waals surface area (Å²) < 4.78 is 10.1. The van der Waals surface area contributed by atoms with E-state index in [1.54, 1.807) is 13.0 Å². The van der Waals surface area contributed by atoms with Crippen LogP contribution in [0.4, 0.5) is 5.69 Å². The van der Waals surface area contributed by atoms with Gasteiger partial charge in [0.1, 0.15) is 17.4 Å². The molecule has 1 aromatic carbocycles. The third-order valence-electron chi connectivity index (χ3n) is 3.71. The zero-order chi connectivity index (χ0) is 16.3. The van der Waals surface area contributed by atoms with Crippen LogP contribution in [0.15, 0.2) is 18.2 Å². The molecule has 1 aliphatic heterocycles. The van der Waals surface area contributed by atoms with Crippen LogP contribution in [0.25, 0.3) is 0 Å². The van der Waals surface area contributed by atoms with E-state index in [2.05, 4.69) is 0 Å². The fraction of sp³-hybridized carbons (Fsp3) is 0.500. The van der Waals surface area contributed by atoms with Crippen molar-refractivity contribution in [1.82, 2.24) is 0 Å². The number of carbonyl (C=O) groups is 2. The number of esters is 2. The molecule has 2 unspecified atom stereocenters. The van der Waals surface area contributed by atoms with Gasteiger partial charge in [-0.1, -0.05) is 0 Å². The Morgan fingerprint density at radius 2 is 2.09 bits per heavy atom. The summed E-state index contributed by atoms with van der Waals surface area (Å²) in [5.74, 6) is -1.42. The van der Waals surface area contributed by atoms with Crippen LogP contribution in [0.1, 0.15) is 37.6 Å². The number of benzene rings is 1. The molecule has 0 spiro atoms. The number of carbonyl (C=O) groups excluding carboxylic acids is 2. The average molecular weight is 307 g/mol. The summed E-state index contributed by atoms with van der Waals surface area (Å²) in [6.07, 6.45) is -0.823. The molecular weight excluding hydrogens is 286 g/mol. The van der Waals surface area contributed by atoms with Gasteiger partial charge in [0.05, 0.1) is 0 Å². The van der Waals surface area contributed by atoms with Gasteiger partial charge in [-0.2, -0.15) is 0 Å². The van der Waals surface area contributed by atoms with Crippen molar-refractivity contribution in [3.05, 3.63) is 23.8 Å². The van der Waals surface area contributed by atoms with Gasteiger partial charge in [0, 0.05) is 31.3 Å². The summed E-state index contributed by atoms with van der Waals surface area (Å²) in [6, 6.07) is 4.78. The molecule has 0 aliphatic carbocycles. The second kappa shape index (κ2) is 6.68. The van der Waals surface area contributed by atoms with E-state index in [0.29, 0.717) is 6.42 Å². The molecule has 1 saturated heterocycles. The lowest BCUT2D eigenvalue weighted by Crippen LogP contribution is -2.23. The minimum atomic E-state index is -0.899. The number of anilines is 1. The van der Waals surface area contributed by atoms with Gasteiger partial charge in [-0.25, -0.2) is 9.59 Å². The van der Waals surface area contributed by atoms with Crippen LogP contribution in [0, 0.1) is 0 Å². The first-order valence-corrected chi connectivity index (χ1v) is 7.45. The third-order valence-corrected chi connectivity index (χ3v) is 3.71. The number of cyclic esters (lactones) is 1. The lowest BCUT2D eigenvalue weighted by Gasteiger charge is -2.21. The van der Waals surface area contributed by atoms with E-state index in [1.807, 2.05) is 18.7 Å². The molecule has 0 aromatic heterocycles. The molecule has 2 rings (SSSR count). The fourth-order valence-corrected chi connectivity index (χ4v) is 2.49. The van der Waals surface area contributed by atoms with E-state index in [9.17, 15) is 14.7 Å². The molecule has 1 fully saturated rings. The SMILES string of the molecule is CCN(CC)c1ccc(C(=O)OC2CC(C)OC2=O)c(O)c1. The van der Waals surface area contributed by atoms with E-state index in [0.717, 1.165) is 18.8 Å². The summed E-state index contributed by atoms with van der Waals surface area (Å²) in [5.41, 5.74) is 0.871. The van der Waals surface area contributed by atoms with Gasteiger partial charge in [0.25, 0.3) is 0 Å². The Morgan fingerprint density at radius 1 is 1.41 bits per heavy atom. The van der Waals surface area contributed by atoms with Crippen LogP contribution >= 0.6 is 0 Å². The largest absolute Gasteiger partial charge is 0.507 e. The van der Waals surface area contributed by atoms with Crippen molar-refractivity contribution >= 4 is 17.6 Å². The molecule has 2 atom stereocenters. The fourth-order valence-electron chi connectivity index (χ4n) is 2.49. The summed E-state index contributed by atoms with van der Waals surface area (Å²) in [5, 5.41) is 10.0. The zero-order valence-corrected chi connectivity index (χ0v) is 13.0. The van der Waals surface area contributed by atoms with Crippen LogP contribution in [0.2, 0.25) is 0 Å². The predicted octanol–water partition coefficient (Wildman–Crippen LogP) is 2.10. The normalized spacial score (nSPS) is 20.6. The molecule has 0 radical (unpaired) electrons. The number of aromatic hydroxyl groups is 1. The number of phenolic OH excluding ortho intramolecular Hbond substituents is 1. The number of phenols is 1. The molecule has 1 heterocycles. The van der Waals surface area contributed by atoms with E-state index >= 15 is 0 Å². The van der Waals surface area contributed by atoms with Gasteiger partial charge in [0.2, 0.25) is 6.10 Å². The Balaban J connectivity index is 2.12. The molecule has 0 saturated carbocycles. The Kier molecular flexibility index (Phi) is 4.90. The smallest absolute Gasteiger partial charge is 0.347 e. The van der Waals surface area contributed by atoms with Crippen molar-refractivity contribution in [3.63, 3.8) is 0 Å². The van der Waals surface area contributed by atoms with Gasteiger partial charge in [-0.05, 0) is 32.9 Å². The summed E-state index contributed by atoms with van der Waals surface area (Å²) in [4.78, 5) is 25.6. The first-order chi connectivity index (χ1) is 10.5. The first-order valence-electron chi connectivity index (χ1n) is 7.45. The lowest BCUT2D eigenvalue weighted by molar-refractivity contribution is -0.147. The highest BCUT2D eigenvalue weighted by Gasteiger charge is 2.35. The quantitative estimate of drug-likeness (QED) is 0.840. The highest BCUT2D eigenvalue weighted by molar-refractivity contribution is 5.94. The van der Waals surface area contributed by atoms with Crippen LogP contribution in [0.5, 0.6) is 5.75 Å². The van der Waals surface area contributed by atoms with E-state index in [1.165, 1.54) is 12.1 Å². The molecule has 0 amide bonds. The Bertz CT molecular complexity index is 568. The molecular formula is C16H21NO5. The Labute approximate surface area is 129 Å². The second-order valence-corrected chi connectivity index (χ2v) is 5.25. The van der Waals surface area contributed by atoms with Crippen LogP contribution in [-0.2, 0) is 14.3 Å². The summed E-state index contributed by atoms with van der Waals surface area (Å²) in [6.45, 7) is 7.35. The third kappa shape index (κ3) is 3.32. The minimum Gasteiger partial charge on any atom is -0.507 e. The van der Waals surface area contributed by atoms with Crippen molar-refractivity contribution in [3.8, 4) is 5.75 Å². The number of nitrogens with zero attached hydrogens (tertiary/aromatic N) is 1. The highest BCUT2D eigenvalue weighted by Crippen LogP contribution is 2.27. The van der Waals surface area contributed by atoms with Crippen LogP contribution < -0.4 is 4.90 Å². The zero-order valence-electron chi connectivity index (χ0n) is 13.0. The Morgan fingerprint density at radius 3 is 2.59 bits per heavy atom. The molecule has 6 heteroatoms. The lowest BCUT2D eigenvalue weighted by atomic mass is 10.1. The standard InChI is InChI=1S/C16H21NO5/c1-4-17(5-2)11-6-7-12(13(18)9-11)15(19)22-14-8-10(3)21-16(14)20/h6-7,9-10,14,18H,4-5,8H2,1-3H3. The monoisotopic (exact) mass is 307 g/mol. The van der Waals surface area contributed by atoms with Crippen molar-refractivity contribution in [1.29, 1.82) is 0 Å². The maximum absolute atomic E-state index is 12.1. The minimum absolute atomic E-state index is 0.0447. The molecule has 22 heavy (non-hydrogen) atoms. The molecule has 0 bridgehead atoms. The van der Waals surface area contributed by atoms with Crippen LogP contribution in [0.3, 0.4) is 0 Å². The molecule has 1 aliphatic rings. The van der Waals surface area contributed by atoms with Crippen molar-refractivity contribution < 1.29 is 24.2 Å². The highest BCUT2D eigenvalue weighted by atomic mass is 16.6. The van der Waals surface area contributed by atoms with Gasteiger partial charge in [0.15, 0.2) is 0 Å². The topological polar surface area (TPSA) is 76.1 Å². The van der Waals surface area contributed by atoms with Crippen molar-refractivity contribution in [2.45, 2.75) is 39.4 Å². The molecule has 1 aromatic rings. The van der Waals surface area contributed by atoms with Crippen LogP contribution in [-0.4, -0.2) is 42.3 Å². The number of ether oxygens (including phenoxy) is 2. The van der Waals surface area contributed by atoms with E-state index in [-0.39, 0.29) is 17.4 Å². The van der Waals surface area contributed by atoms with Crippen molar-refractivity contribution in [2.75, 3.05) is 18.0 Å². The van der Waals surface area contributed by atoms with E-state index in [4.69, 9.17) is 9.47 Å². The maximum Gasteiger partial charge on any atom is 0.347 e. The molecule has 6 nitrogen and oxygen atoms in total. The number of hydrogen-bond acceptors (Lipinski definition) is 6. The first kappa shape index (κ1) is 16.1. The van der Waals surface area contributed by atoms with Gasteiger partial charge >= 0.3 is 11.9 Å². The summed E-state index contributed by atoms with van der Waals surface area (Å²) in [7, 11) is 0. The summed E-state index contributed by atoms with van der Waals surface area (Å²) >= 11 is 0. The van der Waals surface area contributed by atoms with E-state index < -0.39 is 18.0 Å². The molecule has 120 valence electrons. The van der Waals surface area contributed by atoms with Gasteiger partial charge in [-0.15, -0.1) is 0 Å². The number of hydrogen-bond donors (Lipinski definition) is 1. The number of rotatable bonds is 5. The molecule has 1 N–H and O–H groups in total. The van der Waals surface area contributed by atoms with Crippen molar-refractivity contribution in [2.24, 2.45) is 0 Å². The maximum atomic E-state index is 12.1. The average Bonchev–Trinajstić information content (AvgIpc) is 2.78. The Hall–Kier alpha value is -2.24. The predicted molar refractivity (Wildman–Crippen MR) is 81.0 cm³/mol.